The molecule has 2 aromatic rings. The summed E-state index contributed by atoms with van der Waals surface area (Å²) in [6.07, 6.45) is 16.3. The maximum absolute atomic E-state index is 13.6. The van der Waals surface area contributed by atoms with E-state index in [4.69, 9.17) is 5.73 Å². The van der Waals surface area contributed by atoms with Gasteiger partial charge in [-0.15, -0.1) is 0 Å². The van der Waals surface area contributed by atoms with Gasteiger partial charge in [-0.2, -0.15) is 0 Å². The van der Waals surface area contributed by atoms with Crippen molar-refractivity contribution in [3.63, 3.8) is 0 Å². The highest BCUT2D eigenvalue weighted by atomic mass is 16.3. The van der Waals surface area contributed by atoms with E-state index in [1.165, 1.54) is 29.5 Å². The first-order chi connectivity index (χ1) is 25.1. The Balaban J connectivity index is 1.27. The number of guanidine groups is 1. The monoisotopic (exact) mass is 707 g/mol. The third-order valence-corrected chi connectivity index (χ3v) is 16.1. The maximum Gasteiger partial charge on any atom is 0.189 e. The van der Waals surface area contributed by atoms with Crippen LogP contribution in [0.4, 0.5) is 0 Å². The summed E-state index contributed by atoms with van der Waals surface area (Å²) in [4.78, 5) is 8.02. The molecule has 8 nitrogen and oxygen atoms in total. The summed E-state index contributed by atoms with van der Waals surface area (Å²) >= 11 is 0. The minimum absolute atomic E-state index is 0.0600. The Morgan fingerprint density at radius 1 is 0.981 bits per heavy atom. The van der Waals surface area contributed by atoms with Crippen LogP contribution in [-0.2, 0) is 6.42 Å². The number of nitrogens with one attached hydrogen (secondary N) is 3. The number of fused-ring (bicyclic) bond motifs is 2. The lowest BCUT2D eigenvalue weighted by molar-refractivity contribution is -0.142. The Morgan fingerprint density at radius 3 is 2.60 bits per heavy atom. The van der Waals surface area contributed by atoms with Crippen molar-refractivity contribution in [3.8, 4) is 11.8 Å². The second-order valence-electron chi connectivity index (χ2n) is 18.5. The minimum Gasteiger partial charge on any atom is -0.390 e. The lowest BCUT2D eigenvalue weighted by atomic mass is 9.46. The van der Waals surface area contributed by atoms with Crippen molar-refractivity contribution in [2.45, 2.75) is 120 Å². The summed E-state index contributed by atoms with van der Waals surface area (Å²) in [6.45, 7) is 1.03. The molecule has 6 fully saturated rings. The number of benzene rings is 1. The Labute approximate surface area is 309 Å². The number of hydrogen-bond acceptors (Lipinski definition) is 5. The van der Waals surface area contributed by atoms with Gasteiger partial charge in [0.25, 0.3) is 0 Å². The molecule has 6 saturated carbocycles. The van der Waals surface area contributed by atoms with Crippen LogP contribution < -0.4 is 16.4 Å². The van der Waals surface area contributed by atoms with E-state index >= 15 is 0 Å². The zero-order chi connectivity index (χ0) is 35.9. The number of aromatic amines is 1. The fourth-order valence-corrected chi connectivity index (χ4v) is 14.2. The molecule has 12 unspecified atom stereocenters. The molecular formula is C44H61N5O3. The molecule has 0 amide bonds. The first-order valence-corrected chi connectivity index (χ1v) is 20.7. The molecule has 4 bridgehead atoms. The second kappa shape index (κ2) is 12.9. The van der Waals surface area contributed by atoms with Gasteiger partial charge in [0.05, 0.1) is 23.3 Å². The quantitative estimate of drug-likeness (QED) is 0.0926. The van der Waals surface area contributed by atoms with E-state index in [0.717, 1.165) is 82.7 Å². The summed E-state index contributed by atoms with van der Waals surface area (Å²) < 4.78 is 0. The molecule has 0 aliphatic heterocycles. The van der Waals surface area contributed by atoms with E-state index in [2.05, 4.69) is 75.9 Å². The molecule has 1 aromatic carbocycles. The molecule has 0 radical (unpaired) electrons. The van der Waals surface area contributed by atoms with Crippen molar-refractivity contribution < 1.29 is 15.3 Å². The van der Waals surface area contributed by atoms with Gasteiger partial charge in [-0.3, -0.25) is 4.99 Å². The summed E-state index contributed by atoms with van der Waals surface area (Å²) in [5, 5.41) is 47.1. The van der Waals surface area contributed by atoms with Crippen molar-refractivity contribution in [1.82, 2.24) is 15.6 Å². The summed E-state index contributed by atoms with van der Waals surface area (Å²) in [5.74, 6) is 8.63. The van der Waals surface area contributed by atoms with Gasteiger partial charge in [-0.25, -0.2) is 0 Å². The second-order valence-corrected chi connectivity index (χ2v) is 18.5. The van der Waals surface area contributed by atoms with Gasteiger partial charge >= 0.3 is 0 Å². The number of hydrogen-bond donors (Lipinski definition) is 7. The number of allylic oxidation sites excluding steroid dienone is 2. The average Bonchev–Trinajstić information content (AvgIpc) is 3.78. The number of aliphatic hydroxyl groups is 3. The lowest BCUT2D eigenvalue weighted by Crippen LogP contribution is -2.56. The summed E-state index contributed by atoms with van der Waals surface area (Å²) in [7, 11) is 3.74. The highest BCUT2D eigenvalue weighted by Gasteiger charge is 2.73. The molecule has 1 heterocycles. The molecule has 12 atom stereocenters. The molecule has 52 heavy (non-hydrogen) atoms. The molecular weight excluding hydrogens is 647 g/mol. The van der Waals surface area contributed by atoms with Crippen LogP contribution >= 0.6 is 0 Å². The van der Waals surface area contributed by atoms with Crippen LogP contribution in [0.25, 0.3) is 10.9 Å². The SMILES string of the molecule is CN=C(N)NC1C#CC2CC3(C=C(Cc4cc5ccccc5[nH]4)C24CC2CCC4C4C(CC(O)C4(O)C1)C2(O)C1CCCCC1)CCC(CNC)C3. The van der Waals surface area contributed by atoms with E-state index in [1.807, 2.05) is 0 Å². The number of nitrogens with two attached hydrogens (primary N) is 1. The number of aliphatic hydroxyl groups excluding tert-OH is 1. The molecule has 2 spiro atoms. The third-order valence-electron chi connectivity index (χ3n) is 16.1. The third kappa shape index (κ3) is 5.27. The standard InChI is InChI=1S/C44H61N5O3/c1-46-26-27-16-17-41(21-27)22-30-12-14-33(49-40(45)47-2)25-43(51)38(50)20-36-39(43)35-15-13-31(44(36,52)29-9-4-3-5-10-29)24-42(30,35)32(23-41)19-34-18-28-8-6-7-11-37(28)48-34/h6-8,11,18,23,27,29-31,33,35-36,38-39,46,48,50-52H,3-5,9-10,13,15-17,19-22,24-26H2,1-2H3,(H3,45,47,49). The van der Waals surface area contributed by atoms with E-state index in [-0.39, 0.29) is 52.8 Å². The van der Waals surface area contributed by atoms with Gasteiger partial charge < -0.3 is 36.7 Å². The molecule has 280 valence electrons. The van der Waals surface area contributed by atoms with Crippen LogP contribution in [0.15, 0.2) is 47.0 Å². The fourth-order valence-electron chi connectivity index (χ4n) is 14.2. The Morgan fingerprint density at radius 2 is 1.81 bits per heavy atom. The number of aliphatic imine (C=N–C) groups is 1. The van der Waals surface area contributed by atoms with E-state index in [0.29, 0.717) is 18.3 Å². The summed E-state index contributed by atoms with van der Waals surface area (Å²) in [6, 6.07) is 10.5. The van der Waals surface area contributed by atoms with Gasteiger partial charge in [-0.05, 0) is 136 Å². The Hall–Kier alpha value is -2.83. The highest BCUT2D eigenvalue weighted by Crippen LogP contribution is 2.73. The molecule has 8 heteroatoms. The molecule has 8 aliphatic carbocycles. The Bertz CT molecular complexity index is 1770. The lowest BCUT2D eigenvalue weighted by Gasteiger charge is -2.58. The van der Waals surface area contributed by atoms with Gasteiger partial charge in [-0.1, -0.05) is 61.0 Å². The topological polar surface area (TPSA) is 139 Å². The number of aromatic nitrogens is 1. The number of rotatable bonds is 6. The van der Waals surface area contributed by atoms with Gasteiger partial charge in [0.15, 0.2) is 5.96 Å². The predicted molar refractivity (Wildman–Crippen MR) is 206 cm³/mol. The van der Waals surface area contributed by atoms with Crippen LogP contribution in [0.1, 0.15) is 95.6 Å². The zero-order valence-corrected chi connectivity index (χ0v) is 31.3. The van der Waals surface area contributed by atoms with Crippen molar-refractivity contribution in [2.24, 2.45) is 63.0 Å². The smallest absolute Gasteiger partial charge is 0.189 e. The maximum atomic E-state index is 13.6. The number of nitrogens with zero attached hydrogens (tertiary/aromatic N) is 1. The van der Waals surface area contributed by atoms with Crippen LogP contribution in [0.2, 0.25) is 0 Å². The van der Waals surface area contributed by atoms with Crippen LogP contribution in [0.5, 0.6) is 0 Å². The minimum atomic E-state index is -1.41. The van der Waals surface area contributed by atoms with E-state index in [9.17, 15) is 15.3 Å². The molecule has 8 aliphatic rings. The highest BCUT2D eigenvalue weighted by molar-refractivity contribution is 5.80. The molecule has 10 rings (SSSR count). The normalized spacial score (nSPS) is 44.3. The molecule has 0 saturated heterocycles. The van der Waals surface area contributed by atoms with Crippen molar-refractivity contribution >= 4 is 16.9 Å². The Kier molecular flexibility index (Phi) is 8.66. The van der Waals surface area contributed by atoms with Crippen LogP contribution in [0, 0.1) is 64.1 Å². The molecule has 8 N–H and O–H groups in total. The van der Waals surface area contributed by atoms with E-state index < -0.39 is 23.3 Å². The van der Waals surface area contributed by atoms with Crippen molar-refractivity contribution in [1.29, 1.82) is 0 Å². The van der Waals surface area contributed by atoms with Gasteiger partial charge in [0.1, 0.15) is 0 Å². The summed E-state index contributed by atoms with van der Waals surface area (Å²) in [5.41, 5.74) is 7.58. The largest absolute Gasteiger partial charge is 0.390 e. The molecule has 1 aromatic heterocycles. The van der Waals surface area contributed by atoms with Crippen molar-refractivity contribution in [2.75, 3.05) is 20.6 Å². The first kappa shape index (κ1) is 34.9. The number of para-hydroxylation sites is 1. The van der Waals surface area contributed by atoms with Crippen LogP contribution in [0.3, 0.4) is 0 Å². The first-order valence-electron chi connectivity index (χ1n) is 20.7. The number of H-pyrrole nitrogens is 1. The predicted octanol–water partition coefficient (Wildman–Crippen LogP) is 5.43. The van der Waals surface area contributed by atoms with Crippen molar-refractivity contribution in [3.05, 3.63) is 47.7 Å². The average molecular weight is 708 g/mol. The zero-order valence-electron chi connectivity index (χ0n) is 31.3. The fraction of sp³-hybridized carbons (Fsp3) is 0.705. The van der Waals surface area contributed by atoms with Crippen LogP contribution in [-0.4, -0.2) is 70.3 Å². The van der Waals surface area contributed by atoms with Gasteiger partial charge in [0.2, 0.25) is 0 Å². The van der Waals surface area contributed by atoms with E-state index in [1.54, 1.807) is 7.05 Å². The van der Waals surface area contributed by atoms with Gasteiger partial charge in [0, 0.05) is 42.4 Å².